The van der Waals surface area contributed by atoms with Gasteiger partial charge in [-0.3, -0.25) is 9.78 Å². The fourth-order valence-corrected chi connectivity index (χ4v) is 2.37. The number of carboxylic acid groups (broad SMARTS) is 1. The van der Waals surface area contributed by atoms with Crippen LogP contribution in [0.2, 0.25) is 0 Å². The summed E-state index contributed by atoms with van der Waals surface area (Å²) >= 11 is 0. The number of alkyl halides is 3. The van der Waals surface area contributed by atoms with E-state index in [0.29, 0.717) is 16.6 Å². The van der Waals surface area contributed by atoms with Gasteiger partial charge in [-0.1, -0.05) is 0 Å². The van der Waals surface area contributed by atoms with E-state index in [0.717, 1.165) is 6.20 Å². The second-order valence-corrected chi connectivity index (χ2v) is 4.90. The number of carbonyl (C=O) groups is 1. The van der Waals surface area contributed by atoms with Crippen molar-refractivity contribution in [3.05, 3.63) is 54.1 Å². The number of carboxylic acids is 1. The van der Waals surface area contributed by atoms with Crippen LogP contribution in [0.4, 0.5) is 13.2 Å². The molecule has 1 N–H and O–H groups in total. The van der Waals surface area contributed by atoms with Crippen LogP contribution in [0.1, 0.15) is 11.1 Å². The Hall–Kier alpha value is -2.90. The van der Waals surface area contributed by atoms with Gasteiger partial charge in [-0.05, 0) is 29.3 Å². The quantitative estimate of drug-likeness (QED) is 0.805. The zero-order valence-electron chi connectivity index (χ0n) is 11.6. The number of nitrogens with zero attached hydrogens (tertiary/aromatic N) is 3. The Morgan fingerprint density at radius 2 is 2.04 bits per heavy atom. The van der Waals surface area contributed by atoms with E-state index in [1.165, 1.54) is 41.3 Å². The van der Waals surface area contributed by atoms with Crippen molar-refractivity contribution in [2.24, 2.45) is 0 Å². The number of aliphatic carboxylic acids is 1. The molecule has 0 atom stereocenters. The highest BCUT2D eigenvalue weighted by molar-refractivity contribution is 5.77. The van der Waals surface area contributed by atoms with E-state index in [1.54, 1.807) is 0 Å². The first kappa shape index (κ1) is 15.0. The normalized spacial score (nSPS) is 11.8. The fraction of sp³-hybridized carbons (Fsp3) is 0.133. The molecule has 0 aliphatic carbocycles. The summed E-state index contributed by atoms with van der Waals surface area (Å²) in [6.07, 6.45) is 0.160. The van der Waals surface area contributed by atoms with Gasteiger partial charge in [0.1, 0.15) is 0 Å². The molecule has 0 spiro atoms. The maximum atomic E-state index is 13.1. The molecule has 0 amide bonds. The highest BCUT2D eigenvalue weighted by atomic mass is 19.4. The first-order valence-corrected chi connectivity index (χ1v) is 6.56. The van der Waals surface area contributed by atoms with Crippen molar-refractivity contribution < 1.29 is 23.1 Å². The lowest BCUT2D eigenvalue weighted by Crippen LogP contribution is -2.07. The van der Waals surface area contributed by atoms with E-state index < -0.39 is 17.7 Å². The Balaban J connectivity index is 2.16. The van der Waals surface area contributed by atoms with Crippen LogP contribution in [0.15, 0.2) is 43.0 Å². The smallest absolute Gasteiger partial charge is 0.418 e. The monoisotopic (exact) mass is 321 g/mol. The van der Waals surface area contributed by atoms with E-state index in [2.05, 4.69) is 10.1 Å². The van der Waals surface area contributed by atoms with Crippen molar-refractivity contribution in [3.8, 4) is 11.1 Å². The minimum atomic E-state index is -4.53. The lowest BCUT2D eigenvalue weighted by atomic mass is 10.0. The third-order valence-corrected chi connectivity index (χ3v) is 3.38. The molecule has 5 nitrogen and oxygen atoms in total. The van der Waals surface area contributed by atoms with E-state index in [1.807, 2.05) is 0 Å². The molecule has 3 heterocycles. The summed E-state index contributed by atoms with van der Waals surface area (Å²) in [5.41, 5.74) is 0.345. The van der Waals surface area contributed by atoms with Gasteiger partial charge in [0.2, 0.25) is 0 Å². The first-order chi connectivity index (χ1) is 10.9. The predicted octanol–water partition coefficient (Wildman–Crippen LogP) is 3.04. The maximum absolute atomic E-state index is 13.1. The van der Waals surface area contributed by atoms with Crippen molar-refractivity contribution in [1.29, 1.82) is 0 Å². The molecule has 118 valence electrons. The molecule has 0 aliphatic heterocycles. The van der Waals surface area contributed by atoms with Crippen LogP contribution in [0, 0.1) is 0 Å². The van der Waals surface area contributed by atoms with Crippen LogP contribution < -0.4 is 0 Å². The Kier molecular flexibility index (Phi) is 3.51. The van der Waals surface area contributed by atoms with Crippen LogP contribution in [0.3, 0.4) is 0 Å². The number of pyridine rings is 2. The zero-order valence-corrected chi connectivity index (χ0v) is 11.6. The number of fused-ring (bicyclic) bond motifs is 1. The third-order valence-electron chi connectivity index (χ3n) is 3.38. The molecular formula is C15H10F3N3O2. The lowest BCUT2D eigenvalue weighted by Gasteiger charge is -2.12. The Morgan fingerprint density at radius 1 is 1.26 bits per heavy atom. The van der Waals surface area contributed by atoms with Gasteiger partial charge in [0.25, 0.3) is 0 Å². The Labute approximate surface area is 128 Å². The van der Waals surface area contributed by atoms with Gasteiger partial charge in [-0.15, -0.1) is 0 Å². The molecule has 3 rings (SSSR count). The number of halogens is 3. The van der Waals surface area contributed by atoms with Gasteiger partial charge in [0, 0.05) is 24.2 Å². The van der Waals surface area contributed by atoms with E-state index >= 15 is 0 Å². The van der Waals surface area contributed by atoms with Gasteiger partial charge in [0.05, 0.1) is 23.7 Å². The summed E-state index contributed by atoms with van der Waals surface area (Å²) in [6, 6.07) is 4.27. The van der Waals surface area contributed by atoms with Crippen molar-refractivity contribution in [1.82, 2.24) is 14.6 Å². The van der Waals surface area contributed by atoms with E-state index in [9.17, 15) is 18.0 Å². The molecule has 0 aliphatic rings. The molecule has 0 fully saturated rings. The predicted molar refractivity (Wildman–Crippen MR) is 74.8 cm³/mol. The van der Waals surface area contributed by atoms with Gasteiger partial charge in [0.15, 0.2) is 0 Å². The lowest BCUT2D eigenvalue weighted by molar-refractivity contribution is -0.137. The molecule has 3 aromatic heterocycles. The Bertz CT molecular complexity index is 887. The van der Waals surface area contributed by atoms with Crippen LogP contribution >= 0.6 is 0 Å². The van der Waals surface area contributed by atoms with Crippen molar-refractivity contribution in [3.63, 3.8) is 0 Å². The minimum absolute atomic E-state index is 0.0162. The van der Waals surface area contributed by atoms with Crippen LogP contribution in [0.5, 0.6) is 0 Å². The number of rotatable bonds is 3. The summed E-state index contributed by atoms with van der Waals surface area (Å²) in [5, 5.41) is 12.9. The average molecular weight is 321 g/mol. The topological polar surface area (TPSA) is 67.5 Å². The average Bonchev–Trinajstić information content (AvgIpc) is 2.88. The van der Waals surface area contributed by atoms with Crippen molar-refractivity contribution >= 4 is 11.5 Å². The summed E-state index contributed by atoms with van der Waals surface area (Å²) in [4.78, 5) is 14.4. The molecule has 0 radical (unpaired) electrons. The van der Waals surface area contributed by atoms with Gasteiger partial charge < -0.3 is 5.11 Å². The molecule has 0 bridgehead atoms. The highest BCUT2D eigenvalue weighted by Gasteiger charge is 2.34. The molecule has 0 aromatic carbocycles. The molecule has 0 saturated carbocycles. The van der Waals surface area contributed by atoms with Crippen LogP contribution in [0.25, 0.3) is 16.6 Å². The summed E-state index contributed by atoms with van der Waals surface area (Å²) in [7, 11) is 0. The molecule has 3 aromatic rings. The fourth-order valence-electron chi connectivity index (χ4n) is 2.37. The summed E-state index contributed by atoms with van der Waals surface area (Å²) in [5.74, 6) is -1.04. The zero-order chi connectivity index (χ0) is 16.6. The van der Waals surface area contributed by atoms with E-state index in [4.69, 9.17) is 5.11 Å². The minimum Gasteiger partial charge on any atom is -0.481 e. The molecular weight excluding hydrogens is 311 g/mol. The number of hydrogen-bond donors (Lipinski definition) is 1. The van der Waals surface area contributed by atoms with Gasteiger partial charge >= 0.3 is 12.1 Å². The highest BCUT2D eigenvalue weighted by Crippen LogP contribution is 2.36. The molecule has 23 heavy (non-hydrogen) atoms. The second kappa shape index (κ2) is 5.38. The van der Waals surface area contributed by atoms with E-state index in [-0.39, 0.29) is 12.0 Å². The SMILES string of the molecule is O=C(O)Cc1cnn2ccc(-c3ccncc3C(F)(F)F)cc12. The maximum Gasteiger partial charge on any atom is 0.418 e. The Morgan fingerprint density at radius 3 is 2.74 bits per heavy atom. The van der Waals surface area contributed by atoms with Gasteiger partial charge in [-0.2, -0.15) is 18.3 Å². The van der Waals surface area contributed by atoms with Crippen molar-refractivity contribution in [2.45, 2.75) is 12.6 Å². The molecule has 0 saturated heterocycles. The summed E-state index contributed by atoms with van der Waals surface area (Å²) in [6.45, 7) is 0. The standard InChI is InChI=1S/C15H10F3N3O2/c16-15(17,18)12-8-19-3-1-11(12)9-2-4-21-13(5-9)10(7-20-21)6-14(22)23/h1-5,7-8H,6H2,(H,22,23). The van der Waals surface area contributed by atoms with Crippen LogP contribution in [-0.4, -0.2) is 25.7 Å². The third kappa shape index (κ3) is 2.87. The molecule has 8 heteroatoms. The van der Waals surface area contributed by atoms with Crippen molar-refractivity contribution in [2.75, 3.05) is 0 Å². The number of aromatic nitrogens is 3. The first-order valence-electron chi connectivity index (χ1n) is 6.56. The molecule has 0 unspecified atom stereocenters. The second-order valence-electron chi connectivity index (χ2n) is 4.90. The largest absolute Gasteiger partial charge is 0.481 e. The van der Waals surface area contributed by atoms with Gasteiger partial charge in [-0.25, -0.2) is 4.52 Å². The van der Waals surface area contributed by atoms with Crippen LogP contribution in [-0.2, 0) is 17.4 Å². The summed E-state index contributed by atoms with van der Waals surface area (Å²) < 4.78 is 40.7. The number of hydrogen-bond acceptors (Lipinski definition) is 3.